The first-order valence-electron chi connectivity index (χ1n) is 5.34. The maximum atomic E-state index is 8.58. The van der Waals surface area contributed by atoms with E-state index in [1.807, 2.05) is 26.8 Å². The molecule has 0 saturated carbocycles. The predicted octanol–water partition coefficient (Wildman–Crippen LogP) is 1.70. The highest BCUT2D eigenvalue weighted by atomic mass is 16.4. The van der Waals surface area contributed by atoms with Crippen molar-refractivity contribution in [2.75, 3.05) is 13.1 Å². The summed E-state index contributed by atoms with van der Waals surface area (Å²) in [7, 11) is 0. The molecule has 0 saturated heterocycles. The Morgan fingerprint density at radius 2 is 2.13 bits per heavy atom. The van der Waals surface area contributed by atoms with Gasteiger partial charge in [0.1, 0.15) is 5.84 Å². The van der Waals surface area contributed by atoms with Gasteiger partial charge in [-0.3, -0.25) is 0 Å². The van der Waals surface area contributed by atoms with Crippen LogP contribution in [0, 0.1) is 5.41 Å². The highest BCUT2D eigenvalue weighted by Gasteiger charge is 2.22. The van der Waals surface area contributed by atoms with Crippen molar-refractivity contribution in [2.24, 2.45) is 16.3 Å². The molecule has 0 atom stereocenters. The van der Waals surface area contributed by atoms with Crippen LogP contribution < -0.4 is 11.1 Å². The van der Waals surface area contributed by atoms with E-state index in [1.165, 1.54) is 0 Å². The van der Waals surface area contributed by atoms with Gasteiger partial charge >= 0.3 is 0 Å². The summed E-state index contributed by atoms with van der Waals surface area (Å²) < 4.78 is 0. The Balaban J connectivity index is 3.67. The molecule has 0 fully saturated rings. The lowest BCUT2D eigenvalue weighted by atomic mass is 9.88. The van der Waals surface area contributed by atoms with E-state index >= 15 is 0 Å². The second-order valence-corrected chi connectivity index (χ2v) is 4.23. The minimum atomic E-state index is -0.248. The van der Waals surface area contributed by atoms with E-state index in [1.54, 1.807) is 0 Å². The lowest BCUT2D eigenvalue weighted by Crippen LogP contribution is -2.35. The Labute approximate surface area is 92.2 Å². The molecule has 4 N–H and O–H groups in total. The van der Waals surface area contributed by atoms with Gasteiger partial charge in [0.2, 0.25) is 0 Å². The number of oxime groups is 1. The Hall–Kier alpha value is -1.03. The number of allylic oxidation sites excluding steroid dienone is 1. The molecule has 0 spiro atoms. The molecule has 0 aromatic heterocycles. The van der Waals surface area contributed by atoms with Crippen LogP contribution in [0.1, 0.15) is 33.6 Å². The van der Waals surface area contributed by atoms with Gasteiger partial charge in [0, 0.05) is 5.41 Å². The van der Waals surface area contributed by atoms with Crippen LogP contribution in [0.25, 0.3) is 0 Å². The molecule has 0 heterocycles. The summed E-state index contributed by atoms with van der Waals surface area (Å²) >= 11 is 0. The fourth-order valence-electron chi connectivity index (χ4n) is 1.14. The van der Waals surface area contributed by atoms with Crippen molar-refractivity contribution < 1.29 is 5.21 Å². The molecule has 0 unspecified atom stereocenters. The molecule has 0 aromatic rings. The highest BCUT2D eigenvalue weighted by Crippen LogP contribution is 2.19. The maximum absolute atomic E-state index is 8.58. The molecular formula is C11H23N3O. The first kappa shape index (κ1) is 14.0. The summed E-state index contributed by atoms with van der Waals surface area (Å²) in [5.41, 5.74) is 5.33. The lowest BCUT2D eigenvalue weighted by molar-refractivity contribution is 0.305. The number of nitrogens with one attached hydrogen (secondary N) is 1. The van der Waals surface area contributed by atoms with Crippen LogP contribution in [0.4, 0.5) is 0 Å². The van der Waals surface area contributed by atoms with Crippen molar-refractivity contribution in [1.29, 1.82) is 0 Å². The summed E-state index contributed by atoms with van der Waals surface area (Å²) in [4.78, 5) is 0. The molecule has 88 valence electrons. The first-order valence-corrected chi connectivity index (χ1v) is 5.34. The monoisotopic (exact) mass is 213 g/mol. The topological polar surface area (TPSA) is 70.6 Å². The van der Waals surface area contributed by atoms with Gasteiger partial charge in [0.15, 0.2) is 0 Å². The molecule has 0 rings (SSSR count). The van der Waals surface area contributed by atoms with E-state index in [0.717, 1.165) is 25.9 Å². The van der Waals surface area contributed by atoms with Crippen LogP contribution in [0.3, 0.4) is 0 Å². The van der Waals surface area contributed by atoms with Crippen molar-refractivity contribution in [2.45, 2.75) is 33.6 Å². The van der Waals surface area contributed by atoms with Crippen LogP contribution in [0.5, 0.6) is 0 Å². The molecule has 0 aliphatic heterocycles. The Morgan fingerprint density at radius 1 is 1.47 bits per heavy atom. The first-order chi connectivity index (χ1) is 7.04. The fraction of sp³-hybridized carbons (Fsp3) is 0.727. The van der Waals surface area contributed by atoms with Gasteiger partial charge in [-0.1, -0.05) is 31.2 Å². The van der Waals surface area contributed by atoms with Gasteiger partial charge in [-0.2, -0.15) is 0 Å². The lowest BCUT2D eigenvalue weighted by Gasteiger charge is -2.22. The number of nitrogens with zero attached hydrogens (tertiary/aromatic N) is 1. The Kier molecular flexibility index (Phi) is 6.79. The molecule has 0 aromatic carbocycles. The molecule has 0 aliphatic rings. The van der Waals surface area contributed by atoms with E-state index in [4.69, 9.17) is 10.9 Å². The van der Waals surface area contributed by atoms with E-state index in [2.05, 4.69) is 16.5 Å². The zero-order valence-electron chi connectivity index (χ0n) is 9.95. The third kappa shape index (κ3) is 6.12. The van der Waals surface area contributed by atoms with Crippen molar-refractivity contribution in [3.63, 3.8) is 0 Å². The van der Waals surface area contributed by atoms with Gasteiger partial charge < -0.3 is 16.3 Å². The molecular weight excluding hydrogens is 190 g/mol. The zero-order chi connectivity index (χ0) is 11.7. The molecule has 4 heteroatoms. The second kappa shape index (κ2) is 7.29. The summed E-state index contributed by atoms with van der Waals surface area (Å²) in [6.07, 6.45) is 6.07. The van der Waals surface area contributed by atoms with Crippen LogP contribution in [0.15, 0.2) is 17.3 Å². The van der Waals surface area contributed by atoms with Crippen molar-refractivity contribution >= 4 is 5.84 Å². The third-order valence-electron chi connectivity index (χ3n) is 2.45. The predicted molar refractivity (Wildman–Crippen MR) is 64.1 cm³/mol. The smallest absolute Gasteiger partial charge is 0.144 e. The number of hydrogen-bond donors (Lipinski definition) is 3. The third-order valence-corrected chi connectivity index (χ3v) is 2.45. The molecule has 0 amide bonds. The summed E-state index contributed by atoms with van der Waals surface area (Å²) in [5.74, 6) is 0.290. The normalized spacial score (nSPS) is 13.7. The average Bonchev–Trinajstić information content (AvgIpc) is 2.22. The molecule has 0 radical (unpaired) electrons. The van der Waals surface area contributed by atoms with E-state index < -0.39 is 0 Å². The standard InChI is InChI=1S/C11H23N3O/c1-4-5-6-8-13-9-7-11(2,3)10(12)14-15/h4-5,13,15H,6-9H2,1-3H3,(H2,12,14)/b5-4+. The van der Waals surface area contributed by atoms with Crippen molar-refractivity contribution in [3.05, 3.63) is 12.2 Å². The number of nitrogens with two attached hydrogens (primary N) is 1. The van der Waals surface area contributed by atoms with Gasteiger partial charge in [-0.05, 0) is 32.9 Å². The van der Waals surface area contributed by atoms with Crippen LogP contribution in [-0.2, 0) is 0 Å². The summed E-state index contributed by atoms with van der Waals surface area (Å²) in [6, 6.07) is 0. The molecule has 15 heavy (non-hydrogen) atoms. The van der Waals surface area contributed by atoms with Crippen molar-refractivity contribution in [3.8, 4) is 0 Å². The quantitative estimate of drug-likeness (QED) is 0.150. The minimum Gasteiger partial charge on any atom is -0.409 e. The largest absolute Gasteiger partial charge is 0.409 e. The Bertz CT molecular complexity index is 222. The van der Waals surface area contributed by atoms with Crippen LogP contribution >= 0.6 is 0 Å². The molecule has 0 bridgehead atoms. The fourth-order valence-corrected chi connectivity index (χ4v) is 1.14. The number of hydrogen-bond acceptors (Lipinski definition) is 3. The summed E-state index contributed by atoms with van der Waals surface area (Å²) in [6.45, 7) is 7.80. The second-order valence-electron chi connectivity index (χ2n) is 4.23. The van der Waals surface area contributed by atoms with E-state index in [9.17, 15) is 0 Å². The van der Waals surface area contributed by atoms with Gasteiger partial charge in [0.05, 0.1) is 0 Å². The number of rotatable bonds is 7. The minimum absolute atomic E-state index is 0.248. The SMILES string of the molecule is C/C=C/CCNCCC(C)(C)/C(N)=N/O. The Morgan fingerprint density at radius 3 is 2.67 bits per heavy atom. The maximum Gasteiger partial charge on any atom is 0.144 e. The van der Waals surface area contributed by atoms with Crippen LogP contribution in [0.2, 0.25) is 0 Å². The van der Waals surface area contributed by atoms with Crippen LogP contribution in [-0.4, -0.2) is 24.1 Å². The van der Waals surface area contributed by atoms with Gasteiger partial charge in [0.25, 0.3) is 0 Å². The molecule has 4 nitrogen and oxygen atoms in total. The van der Waals surface area contributed by atoms with Gasteiger partial charge in [-0.25, -0.2) is 0 Å². The van der Waals surface area contributed by atoms with Gasteiger partial charge in [-0.15, -0.1) is 0 Å². The van der Waals surface area contributed by atoms with E-state index in [-0.39, 0.29) is 11.3 Å². The number of amidine groups is 1. The highest BCUT2D eigenvalue weighted by molar-refractivity contribution is 5.85. The van der Waals surface area contributed by atoms with Crippen molar-refractivity contribution in [1.82, 2.24) is 5.32 Å². The molecule has 0 aliphatic carbocycles. The summed E-state index contributed by atoms with van der Waals surface area (Å²) in [5, 5.41) is 14.9. The zero-order valence-corrected chi connectivity index (χ0v) is 9.95. The average molecular weight is 213 g/mol. The van der Waals surface area contributed by atoms with E-state index in [0.29, 0.717) is 0 Å².